The van der Waals surface area contributed by atoms with Crippen LogP contribution in [0.1, 0.15) is 26.7 Å². The van der Waals surface area contributed by atoms with Crippen LogP contribution in [0.4, 0.5) is 11.4 Å². The van der Waals surface area contributed by atoms with Crippen LogP contribution in [-0.2, 0) is 4.79 Å². The fourth-order valence-electron chi connectivity index (χ4n) is 1.71. The maximum atomic E-state index is 11.8. The molecule has 0 saturated carbocycles. The molecule has 1 rings (SSSR count). The van der Waals surface area contributed by atoms with Gasteiger partial charge < -0.3 is 16.0 Å². The molecule has 0 radical (unpaired) electrons. The van der Waals surface area contributed by atoms with E-state index in [0.717, 1.165) is 19.5 Å². The number of anilines is 2. The first-order chi connectivity index (χ1) is 8.99. The van der Waals surface area contributed by atoms with E-state index in [1.54, 1.807) is 6.07 Å². The fourth-order valence-corrected chi connectivity index (χ4v) is 1.71. The Kier molecular flexibility index (Phi) is 6.36. The van der Waals surface area contributed by atoms with Crippen molar-refractivity contribution in [1.82, 2.24) is 4.90 Å². The maximum absolute atomic E-state index is 11.8. The molecule has 0 bridgehead atoms. The summed E-state index contributed by atoms with van der Waals surface area (Å²) in [5.41, 5.74) is 7.07. The van der Waals surface area contributed by atoms with E-state index in [1.807, 2.05) is 25.2 Å². The summed E-state index contributed by atoms with van der Waals surface area (Å²) in [6.07, 6.45) is 1.65. The van der Waals surface area contributed by atoms with Crippen molar-refractivity contribution >= 4 is 17.3 Å². The Bertz CT molecular complexity index is 404. The molecule has 4 nitrogen and oxygen atoms in total. The zero-order valence-corrected chi connectivity index (χ0v) is 12.1. The van der Waals surface area contributed by atoms with E-state index in [9.17, 15) is 4.79 Å². The molecule has 1 amide bonds. The number of rotatable bonds is 7. The maximum Gasteiger partial charge on any atom is 0.225 e. The van der Waals surface area contributed by atoms with E-state index in [1.165, 1.54) is 0 Å². The summed E-state index contributed by atoms with van der Waals surface area (Å²) in [6.45, 7) is 6.21. The summed E-state index contributed by atoms with van der Waals surface area (Å²) in [4.78, 5) is 14.0. The number of amides is 1. The zero-order chi connectivity index (χ0) is 14.3. The summed E-state index contributed by atoms with van der Waals surface area (Å²) in [5, 5.41) is 2.84. The Morgan fingerprint density at radius 3 is 2.63 bits per heavy atom. The number of carbonyl (C=O) groups excluding carboxylic acids is 1. The predicted octanol–water partition coefficient (Wildman–Crippen LogP) is 2.58. The minimum absolute atomic E-state index is 0.00861. The van der Waals surface area contributed by atoms with Crippen LogP contribution in [0.2, 0.25) is 0 Å². The van der Waals surface area contributed by atoms with Gasteiger partial charge in [0.05, 0.1) is 11.4 Å². The van der Waals surface area contributed by atoms with Gasteiger partial charge in [-0.3, -0.25) is 4.79 Å². The van der Waals surface area contributed by atoms with E-state index in [2.05, 4.69) is 24.1 Å². The number of para-hydroxylation sites is 2. The van der Waals surface area contributed by atoms with Crippen LogP contribution >= 0.6 is 0 Å². The molecule has 3 N–H and O–H groups in total. The average Bonchev–Trinajstić information content (AvgIpc) is 2.36. The number of carbonyl (C=O) groups is 1. The summed E-state index contributed by atoms with van der Waals surface area (Å²) >= 11 is 0. The molecule has 0 spiro atoms. The Hall–Kier alpha value is -1.55. The van der Waals surface area contributed by atoms with Gasteiger partial charge in [-0.2, -0.15) is 0 Å². The monoisotopic (exact) mass is 263 g/mol. The number of benzene rings is 1. The van der Waals surface area contributed by atoms with Crippen molar-refractivity contribution in [2.45, 2.75) is 26.7 Å². The minimum atomic E-state index is 0.00861. The van der Waals surface area contributed by atoms with Gasteiger partial charge in [0, 0.05) is 13.0 Å². The molecular formula is C15H25N3O. The molecule has 0 aliphatic carbocycles. The fraction of sp³-hybridized carbons (Fsp3) is 0.533. The lowest BCUT2D eigenvalue weighted by Crippen LogP contribution is -2.26. The highest BCUT2D eigenvalue weighted by molar-refractivity contribution is 5.93. The highest BCUT2D eigenvalue weighted by Gasteiger charge is 2.07. The van der Waals surface area contributed by atoms with Crippen molar-refractivity contribution in [3.8, 4) is 0 Å². The molecular weight excluding hydrogens is 238 g/mol. The number of nitrogens with zero attached hydrogens (tertiary/aromatic N) is 1. The smallest absolute Gasteiger partial charge is 0.225 e. The quantitative estimate of drug-likeness (QED) is 0.743. The van der Waals surface area contributed by atoms with Gasteiger partial charge in [0.25, 0.3) is 0 Å². The van der Waals surface area contributed by atoms with Crippen molar-refractivity contribution in [2.75, 3.05) is 31.2 Å². The summed E-state index contributed by atoms with van der Waals surface area (Å²) in [6, 6.07) is 7.31. The van der Waals surface area contributed by atoms with Crippen molar-refractivity contribution in [3.05, 3.63) is 24.3 Å². The standard InChI is InChI=1S/C15H25N3O/c1-12(2)8-10-18(3)11-9-15(19)17-14-7-5-4-6-13(14)16/h4-7,12H,8-11,16H2,1-3H3,(H,17,19). The molecule has 106 valence electrons. The van der Waals surface area contributed by atoms with Crippen molar-refractivity contribution in [3.63, 3.8) is 0 Å². The van der Waals surface area contributed by atoms with Gasteiger partial charge in [0.15, 0.2) is 0 Å². The minimum Gasteiger partial charge on any atom is -0.397 e. The van der Waals surface area contributed by atoms with Gasteiger partial charge in [-0.1, -0.05) is 26.0 Å². The molecule has 19 heavy (non-hydrogen) atoms. The molecule has 0 aromatic heterocycles. The molecule has 0 heterocycles. The van der Waals surface area contributed by atoms with Gasteiger partial charge in [-0.15, -0.1) is 0 Å². The van der Waals surface area contributed by atoms with Gasteiger partial charge in [0.1, 0.15) is 0 Å². The van der Waals surface area contributed by atoms with E-state index in [0.29, 0.717) is 23.7 Å². The Morgan fingerprint density at radius 2 is 2.00 bits per heavy atom. The second-order valence-electron chi connectivity index (χ2n) is 5.37. The molecule has 0 unspecified atom stereocenters. The van der Waals surface area contributed by atoms with Crippen LogP contribution in [0.5, 0.6) is 0 Å². The highest BCUT2D eigenvalue weighted by atomic mass is 16.1. The second kappa shape index (κ2) is 7.79. The number of nitrogen functional groups attached to an aromatic ring is 1. The summed E-state index contributed by atoms with van der Waals surface area (Å²) in [7, 11) is 2.05. The third-order valence-corrected chi connectivity index (χ3v) is 3.04. The molecule has 0 fully saturated rings. The Labute approximate surface area is 116 Å². The predicted molar refractivity (Wildman–Crippen MR) is 81.1 cm³/mol. The third kappa shape index (κ3) is 6.25. The first-order valence-corrected chi connectivity index (χ1v) is 6.82. The zero-order valence-electron chi connectivity index (χ0n) is 12.1. The topological polar surface area (TPSA) is 58.4 Å². The second-order valence-corrected chi connectivity index (χ2v) is 5.37. The molecule has 0 saturated heterocycles. The van der Waals surface area contributed by atoms with Crippen LogP contribution in [0.3, 0.4) is 0 Å². The highest BCUT2D eigenvalue weighted by Crippen LogP contribution is 2.16. The Morgan fingerprint density at radius 1 is 1.32 bits per heavy atom. The van der Waals surface area contributed by atoms with Gasteiger partial charge in [-0.25, -0.2) is 0 Å². The van der Waals surface area contributed by atoms with Crippen LogP contribution in [0.25, 0.3) is 0 Å². The van der Waals surface area contributed by atoms with Crippen molar-refractivity contribution in [1.29, 1.82) is 0 Å². The van der Waals surface area contributed by atoms with E-state index in [-0.39, 0.29) is 5.91 Å². The molecule has 0 aliphatic rings. The number of hydrogen-bond acceptors (Lipinski definition) is 3. The van der Waals surface area contributed by atoms with Crippen molar-refractivity contribution < 1.29 is 4.79 Å². The van der Waals surface area contributed by atoms with Crippen LogP contribution in [-0.4, -0.2) is 30.9 Å². The van der Waals surface area contributed by atoms with Crippen LogP contribution in [0.15, 0.2) is 24.3 Å². The molecule has 1 aromatic rings. The molecule has 0 atom stereocenters. The lowest BCUT2D eigenvalue weighted by atomic mass is 10.1. The largest absolute Gasteiger partial charge is 0.397 e. The molecule has 0 aliphatic heterocycles. The number of nitrogens with one attached hydrogen (secondary N) is 1. The van der Waals surface area contributed by atoms with E-state index in [4.69, 9.17) is 5.73 Å². The SMILES string of the molecule is CC(C)CCN(C)CCC(=O)Nc1ccccc1N. The van der Waals surface area contributed by atoms with E-state index < -0.39 is 0 Å². The number of nitrogens with two attached hydrogens (primary N) is 1. The lowest BCUT2D eigenvalue weighted by molar-refractivity contribution is -0.116. The third-order valence-electron chi connectivity index (χ3n) is 3.04. The normalized spacial score (nSPS) is 11.0. The lowest BCUT2D eigenvalue weighted by Gasteiger charge is -2.17. The summed E-state index contributed by atoms with van der Waals surface area (Å²) in [5.74, 6) is 0.703. The first kappa shape index (κ1) is 15.5. The van der Waals surface area contributed by atoms with Crippen LogP contribution in [0, 0.1) is 5.92 Å². The van der Waals surface area contributed by atoms with Crippen molar-refractivity contribution in [2.24, 2.45) is 5.92 Å². The number of hydrogen-bond donors (Lipinski definition) is 2. The molecule has 4 heteroatoms. The van der Waals surface area contributed by atoms with Crippen LogP contribution < -0.4 is 11.1 Å². The van der Waals surface area contributed by atoms with Gasteiger partial charge in [-0.05, 0) is 38.1 Å². The van der Waals surface area contributed by atoms with Gasteiger partial charge in [0.2, 0.25) is 5.91 Å². The average molecular weight is 263 g/mol. The summed E-state index contributed by atoms with van der Waals surface area (Å²) < 4.78 is 0. The van der Waals surface area contributed by atoms with Gasteiger partial charge >= 0.3 is 0 Å². The van der Waals surface area contributed by atoms with E-state index >= 15 is 0 Å². The first-order valence-electron chi connectivity index (χ1n) is 6.82. The molecule has 1 aromatic carbocycles. The Balaban J connectivity index is 2.30.